The quantitative estimate of drug-likeness (QED) is 0.745. The predicted molar refractivity (Wildman–Crippen MR) is 53.7 cm³/mol. The van der Waals surface area contributed by atoms with E-state index in [2.05, 4.69) is 5.10 Å². The molecule has 1 heterocycles. The molecule has 0 bridgehead atoms. The lowest BCUT2D eigenvalue weighted by Crippen LogP contribution is -2.23. The van der Waals surface area contributed by atoms with E-state index in [-0.39, 0.29) is 11.5 Å². The van der Waals surface area contributed by atoms with E-state index in [0.29, 0.717) is 18.8 Å². The van der Waals surface area contributed by atoms with Crippen LogP contribution in [0.2, 0.25) is 0 Å². The van der Waals surface area contributed by atoms with E-state index in [1.54, 1.807) is 6.07 Å². The highest BCUT2D eigenvalue weighted by Crippen LogP contribution is 2.11. The molecule has 2 N–H and O–H groups in total. The summed E-state index contributed by atoms with van der Waals surface area (Å²) in [7, 11) is 0. The molecule has 1 amide bonds. The molecule has 0 saturated heterocycles. The number of amides is 1. The van der Waals surface area contributed by atoms with Crippen molar-refractivity contribution in [1.29, 1.82) is 0 Å². The van der Waals surface area contributed by atoms with E-state index in [4.69, 9.17) is 5.73 Å². The van der Waals surface area contributed by atoms with Crippen LogP contribution in [0.25, 0.3) is 0 Å². The fourth-order valence-electron chi connectivity index (χ4n) is 1.39. The van der Waals surface area contributed by atoms with Gasteiger partial charge in [-0.25, -0.2) is 9.40 Å². The number of hydrazone groups is 1. The Morgan fingerprint density at radius 1 is 1.53 bits per heavy atom. The van der Waals surface area contributed by atoms with Gasteiger partial charge in [0, 0.05) is 12.0 Å². The molecule has 0 atom stereocenters. The largest absolute Gasteiger partial charge is 0.386 e. The Balaban J connectivity index is 2.21. The molecule has 0 aromatic heterocycles. The van der Waals surface area contributed by atoms with Crippen LogP contribution in [0.15, 0.2) is 29.4 Å². The predicted octanol–water partition coefficient (Wildman–Crippen LogP) is 0.944. The average molecular weight is 207 g/mol. The zero-order valence-corrected chi connectivity index (χ0v) is 7.98. The number of carbonyl (C=O) groups excluding carboxylic acids is 1. The fraction of sp³-hybridized carbons (Fsp3) is 0.200. The molecule has 15 heavy (non-hydrogen) atoms. The van der Waals surface area contributed by atoms with Crippen LogP contribution in [0.3, 0.4) is 0 Å². The van der Waals surface area contributed by atoms with Crippen LogP contribution in [0.1, 0.15) is 16.8 Å². The van der Waals surface area contributed by atoms with Crippen LogP contribution >= 0.6 is 0 Å². The number of halogens is 1. The first-order valence-electron chi connectivity index (χ1n) is 4.57. The molecule has 0 saturated carbocycles. The summed E-state index contributed by atoms with van der Waals surface area (Å²) in [5, 5.41) is 5.10. The van der Waals surface area contributed by atoms with E-state index in [9.17, 15) is 9.18 Å². The van der Waals surface area contributed by atoms with E-state index in [1.165, 1.54) is 23.2 Å². The second kappa shape index (κ2) is 3.68. The van der Waals surface area contributed by atoms with Crippen LogP contribution in [-0.2, 0) is 0 Å². The lowest BCUT2D eigenvalue weighted by atomic mass is 10.2. The van der Waals surface area contributed by atoms with Gasteiger partial charge < -0.3 is 5.73 Å². The maximum absolute atomic E-state index is 12.9. The summed E-state index contributed by atoms with van der Waals surface area (Å²) < 4.78 is 12.9. The third-order valence-corrected chi connectivity index (χ3v) is 2.13. The highest BCUT2D eigenvalue weighted by atomic mass is 19.1. The van der Waals surface area contributed by atoms with Gasteiger partial charge in [-0.05, 0) is 18.2 Å². The van der Waals surface area contributed by atoms with Crippen molar-refractivity contribution in [3.8, 4) is 0 Å². The fourth-order valence-corrected chi connectivity index (χ4v) is 1.39. The van der Waals surface area contributed by atoms with E-state index < -0.39 is 5.82 Å². The summed E-state index contributed by atoms with van der Waals surface area (Å²) in [6.45, 7) is 0.460. The first kappa shape index (κ1) is 9.64. The minimum Gasteiger partial charge on any atom is -0.386 e. The van der Waals surface area contributed by atoms with Crippen molar-refractivity contribution in [2.45, 2.75) is 6.42 Å². The molecule has 0 unspecified atom stereocenters. The molecule has 1 aliphatic rings. The van der Waals surface area contributed by atoms with E-state index in [0.717, 1.165) is 0 Å². The number of amidine groups is 1. The van der Waals surface area contributed by atoms with E-state index >= 15 is 0 Å². The van der Waals surface area contributed by atoms with Crippen molar-refractivity contribution >= 4 is 11.7 Å². The molecule has 4 nitrogen and oxygen atoms in total. The van der Waals surface area contributed by atoms with Gasteiger partial charge in [0.05, 0.1) is 6.54 Å². The zero-order valence-electron chi connectivity index (χ0n) is 7.98. The maximum Gasteiger partial charge on any atom is 0.274 e. The molecule has 1 aromatic rings. The van der Waals surface area contributed by atoms with Gasteiger partial charge in [-0.15, -0.1) is 0 Å². The lowest BCUT2D eigenvalue weighted by molar-refractivity contribution is 0.0778. The second-order valence-corrected chi connectivity index (χ2v) is 3.28. The van der Waals surface area contributed by atoms with Gasteiger partial charge >= 0.3 is 0 Å². The minimum atomic E-state index is -0.433. The molecular formula is C10H10FN3O. The monoisotopic (exact) mass is 207 g/mol. The van der Waals surface area contributed by atoms with Gasteiger partial charge in [-0.2, -0.15) is 5.10 Å². The van der Waals surface area contributed by atoms with Crippen molar-refractivity contribution in [3.63, 3.8) is 0 Å². The number of nitrogens with zero attached hydrogens (tertiary/aromatic N) is 2. The van der Waals surface area contributed by atoms with Crippen molar-refractivity contribution in [2.24, 2.45) is 10.8 Å². The Morgan fingerprint density at radius 2 is 2.33 bits per heavy atom. The molecule has 0 aliphatic carbocycles. The number of benzene rings is 1. The van der Waals surface area contributed by atoms with Crippen LogP contribution in [-0.4, -0.2) is 23.3 Å². The highest BCUT2D eigenvalue weighted by molar-refractivity contribution is 5.96. The zero-order chi connectivity index (χ0) is 10.8. The summed E-state index contributed by atoms with van der Waals surface area (Å²) in [6.07, 6.45) is 0.570. The third kappa shape index (κ3) is 1.96. The average Bonchev–Trinajstić information content (AvgIpc) is 2.64. The van der Waals surface area contributed by atoms with Gasteiger partial charge in [0.2, 0.25) is 0 Å². The molecular weight excluding hydrogens is 197 g/mol. The number of hydrogen-bond acceptors (Lipinski definition) is 3. The van der Waals surface area contributed by atoms with Gasteiger partial charge in [-0.3, -0.25) is 4.79 Å². The van der Waals surface area contributed by atoms with Crippen LogP contribution in [0.4, 0.5) is 4.39 Å². The molecule has 0 radical (unpaired) electrons. The normalized spacial score (nSPS) is 15.3. The summed E-state index contributed by atoms with van der Waals surface area (Å²) in [6, 6.07) is 5.52. The topological polar surface area (TPSA) is 58.7 Å². The Bertz CT molecular complexity index is 430. The van der Waals surface area contributed by atoms with Crippen molar-refractivity contribution in [2.75, 3.05) is 6.54 Å². The minimum absolute atomic E-state index is 0.286. The van der Waals surface area contributed by atoms with Crippen molar-refractivity contribution < 1.29 is 9.18 Å². The second-order valence-electron chi connectivity index (χ2n) is 3.28. The Morgan fingerprint density at radius 3 is 2.93 bits per heavy atom. The van der Waals surface area contributed by atoms with Gasteiger partial charge in [-0.1, -0.05) is 6.07 Å². The molecule has 0 fully saturated rings. The number of hydrogen-bond donors (Lipinski definition) is 1. The van der Waals surface area contributed by atoms with Crippen molar-refractivity contribution in [1.82, 2.24) is 5.01 Å². The lowest BCUT2D eigenvalue weighted by Gasteiger charge is -2.10. The maximum atomic E-state index is 12.9. The Labute approximate surface area is 86.2 Å². The summed E-state index contributed by atoms with van der Waals surface area (Å²) in [5.41, 5.74) is 5.74. The van der Waals surface area contributed by atoms with E-state index in [1.807, 2.05) is 0 Å². The molecule has 5 heteroatoms. The Kier molecular flexibility index (Phi) is 2.37. The van der Waals surface area contributed by atoms with Gasteiger partial charge in [0.15, 0.2) is 0 Å². The molecule has 78 valence electrons. The number of nitrogens with two attached hydrogens (primary N) is 1. The standard InChI is InChI=1S/C10H10FN3O/c11-8-3-1-2-7(6-8)10(15)14-5-4-9(12)13-14/h1-3,6H,4-5H2,(H2,12,13). The molecule has 2 rings (SSSR count). The van der Waals surface area contributed by atoms with Crippen molar-refractivity contribution in [3.05, 3.63) is 35.6 Å². The highest BCUT2D eigenvalue weighted by Gasteiger charge is 2.20. The third-order valence-electron chi connectivity index (χ3n) is 2.13. The first-order chi connectivity index (χ1) is 7.16. The summed E-state index contributed by atoms with van der Waals surface area (Å²) in [5.74, 6) is -0.327. The SMILES string of the molecule is NC1=NN(C(=O)c2cccc(F)c2)CC1. The molecule has 1 aromatic carbocycles. The molecule has 0 spiro atoms. The first-order valence-corrected chi connectivity index (χ1v) is 4.57. The smallest absolute Gasteiger partial charge is 0.274 e. The number of rotatable bonds is 1. The van der Waals surface area contributed by atoms with Crippen LogP contribution in [0.5, 0.6) is 0 Å². The van der Waals surface area contributed by atoms with Gasteiger partial charge in [0.1, 0.15) is 11.7 Å². The van der Waals surface area contributed by atoms with Crippen LogP contribution in [0, 0.1) is 5.82 Å². The Hall–Kier alpha value is -1.91. The van der Waals surface area contributed by atoms with Crippen LogP contribution < -0.4 is 5.73 Å². The summed E-state index contributed by atoms with van der Waals surface area (Å²) >= 11 is 0. The summed E-state index contributed by atoms with van der Waals surface area (Å²) in [4.78, 5) is 11.7. The van der Waals surface area contributed by atoms with Gasteiger partial charge in [0.25, 0.3) is 5.91 Å². The number of carbonyl (C=O) groups is 1. The molecule has 1 aliphatic heterocycles.